The molecular weight excluding hydrogens is 404 g/mol. The van der Waals surface area contributed by atoms with Gasteiger partial charge in [-0.15, -0.1) is 0 Å². The lowest BCUT2D eigenvalue weighted by molar-refractivity contribution is 0.0594. The summed E-state index contributed by atoms with van der Waals surface area (Å²) in [7, 11) is 1.39. The zero-order valence-corrected chi connectivity index (χ0v) is 19.1. The second-order valence-electron chi connectivity index (χ2n) is 8.85. The molecule has 4 rings (SSSR count). The molecule has 0 radical (unpaired) electrons. The minimum atomic E-state index is -0.397. The summed E-state index contributed by atoms with van der Waals surface area (Å²) in [6.45, 7) is 5.35. The van der Waals surface area contributed by atoms with Crippen LogP contribution in [0.25, 0.3) is 10.9 Å². The number of ether oxygens (including phenoxy) is 3. The minimum Gasteiger partial charge on any atom is -0.490 e. The molecule has 0 N–H and O–H groups in total. The van der Waals surface area contributed by atoms with Gasteiger partial charge >= 0.3 is 5.97 Å². The summed E-state index contributed by atoms with van der Waals surface area (Å²) >= 11 is 0. The first kappa shape index (κ1) is 22.3. The van der Waals surface area contributed by atoms with Crippen LogP contribution in [0.5, 0.6) is 5.75 Å². The molecule has 1 fully saturated rings. The van der Waals surface area contributed by atoms with Crippen LogP contribution in [-0.4, -0.2) is 35.6 Å². The molecule has 1 aliphatic rings. The lowest BCUT2D eigenvalue weighted by Crippen LogP contribution is -2.21. The quantitative estimate of drug-likeness (QED) is 0.433. The Morgan fingerprint density at radius 3 is 2.56 bits per heavy atom. The highest BCUT2D eigenvalue weighted by atomic mass is 16.5. The van der Waals surface area contributed by atoms with Gasteiger partial charge in [0.1, 0.15) is 11.3 Å². The molecular formula is C26H32N2O4. The fourth-order valence-corrected chi connectivity index (χ4v) is 4.37. The Labute approximate surface area is 189 Å². The first-order chi connectivity index (χ1) is 15.5. The standard InChI is InChI=1S/C26H32N2O4/c1-18(2)32-25-14-24-21(13-23(25)26(29)30-3)15-28(27-24)22-11-9-20(10-12-22)17-31-16-19-7-5-4-6-8-19/h4-8,13-15,18,20,22H,9-12,16-17H2,1-3H3. The molecule has 170 valence electrons. The van der Waals surface area contributed by atoms with Gasteiger partial charge in [-0.1, -0.05) is 30.3 Å². The highest BCUT2D eigenvalue weighted by Gasteiger charge is 2.24. The van der Waals surface area contributed by atoms with Crippen LogP contribution in [-0.2, 0) is 16.1 Å². The van der Waals surface area contributed by atoms with Gasteiger partial charge in [0.05, 0.1) is 31.4 Å². The van der Waals surface area contributed by atoms with Crippen LogP contribution in [0.4, 0.5) is 0 Å². The van der Waals surface area contributed by atoms with E-state index in [1.807, 2.05) is 50.4 Å². The normalized spacial score (nSPS) is 18.8. The van der Waals surface area contributed by atoms with Gasteiger partial charge < -0.3 is 14.2 Å². The van der Waals surface area contributed by atoms with E-state index in [1.165, 1.54) is 12.7 Å². The number of carbonyl (C=O) groups is 1. The summed E-state index contributed by atoms with van der Waals surface area (Å²) in [5, 5.41) is 5.74. The second-order valence-corrected chi connectivity index (χ2v) is 8.85. The number of esters is 1. The molecule has 3 aromatic rings. The van der Waals surface area contributed by atoms with Crippen molar-refractivity contribution in [3.05, 3.63) is 59.8 Å². The van der Waals surface area contributed by atoms with E-state index in [4.69, 9.17) is 19.3 Å². The third kappa shape index (κ3) is 5.30. The fourth-order valence-electron chi connectivity index (χ4n) is 4.37. The zero-order chi connectivity index (χ0) is 22.5. The molecule has 0 atom stereocenters. The van der Waals surface area contributed by atoms with Crippen LogP contribution >= 0.6 is 0 Å². The van der Waals surface area contributed by atoms with Gasteiger partial charge in [-0.25, -0.2) is 4.79 Å². The van der Waals surface area contributed by atoms with Gasteiger partial charge in [0.2, 0.25) is 0 Å². The highest BCUT2D eigenvalue weighted by molar-refractivity contribution is 5.97. The fraction of sp³-hybridized carbons (Fsp3) is 0.462. The number of aromatic nitrogens is 2. The van der Waals surface area contributed by atoms with Crippen LogP contribution in [0, 0.1) is 5.92 Å². The number of nitrogens with zero attached hydrogens (tertiary/aromatic N) is 2. The first-order valence-corrected chi connectivity index (χ1v) is 11.4. The Balaban J connectivity index is 1.39. The Morgan fingerprint density at radius 1 is 1.12 bits per heavy atom. The average Bonchev–Trinajstić information content (AvgIpc) is 3.22. The van der Waals surface area contributed by atoms with E-state index in [1.54, 1.807) is 0 Å². The molecule has 0 bridgehead atoms. The van der Waals surface area contributed by atoms with Crippen molar-refractivity contribution in [2.75, 3.05) is 13.7 Å². The number of hydrogen-bond acceptors (Lipinski definition) is 5. The summed E-state index contributed by atoms with van der Waals surface area (Å²) in [6.07, 6.45) is 6.41. The molecule has 32 heavy (non-hydrogen) atoms. The third-order valence-corrected chi connectivity index (χ3v) is 6.05. The highest BCUT2D eigenvalue weighted by Crippen LogP contribution is 2.34. The predicted octanol–water partition coefficient (Wildman–Crippen LogP) is 5.56. The van der Waals surface area contributed by atoms with Gasteiger partial charge in [-0.2, -0.15) is 5.10 Å². The maximum atomic E-state index is 12.2. The van der Waals surface area contributed by atoms with E-state index in [-0.39, 0.29) is 6.10 Å². The average molecular weight is 437 g/mol. The first-order valence-electron chi connectivity index (χ1n) is 11.4. The molecule has 0 saturated heterocycles. The van der Waals surface area contributed by atoms with E-state index < -0.39 is 5.97 Å². The van der Waals surface area contributed by atoms with Gasteiger partial charge in [0.15, 0.2) is 0 Å². The second kappa shape index (κ2) is 10.2. The van der Waals surface area contributed by atoms with Crippen molar-refractivity contribution >= 4 is 16.9 Å². The van der Waals surface area contributed by atoms with Crippen LogP contribution in [0.15, 0.2) is 48.7 Å². The maximum absolute atomic E-state index is 12.2. The van der Waals surface area contributed by atoms with Crippen molar-refractivity contribution in [1.82, 2.24) is 9.78 Å². The van der Waals surface area contributed by atoms with E-state index in [2.05, 4.69) is 16.8 Å². The zero-order valence-electron chi connectivity index (χ0n) is 19.1. The Bertz CT molecular complexity index is 1040. The van der Waals surface area contributed by atoms with Crippen molar-refractivity contribution in [3.8, 4) is 5.75 Å². The summed E-state index contributed by atoms with van der Waals surface area (Å²) < 4.78 is 18.8. The minimum absolute atomic E-state index is 0.0441. The van der Waals surface area contributed by atoms with Crippen LogP contribution in [0.2, 0.25) is 0 Å². The number of hydrogen-bond donors (Lipinski definition) is 0. The third-order valence-electron chi connectivity index (χ3n) is 6.05. The Kier molecular flexibility index (Phi) is 7.10. The topological polar surface area (TPSA) is 62.6 Å². The number of rotatable bonds is 8. The van der Waals surface area contributed by atoms with Crippen molar-refractivity contribution in [3.63, 3.8) is 0 Å². The van der Waals surface area contributed by atoms with Crippen molar-refractivity contribution in [2.45, 2.75) is 58.3 Å². The molecule has 0 amide bonds. The lowest BCUT2D eigenvalue weighted by atomic mass is 9.86. The van der Waals surface area contributed by atoms with Crippen LogP contribution < -0.4 is 4.74 Å². The van der Waals surface area contributed by atoms with Crippen molar-refractivity contribution in [2.24, 2.45) is 5.92 Å². The van der Waals surface area contributed by atoms with E-state index in [0.717, 1.165) is 43.2 Å². The summed E-state index contributed by atoms with van der Waals surface area (Å²) in [5.74, 6) is 0.715. The molecule has 0 spiro atoms. The maximum Gasteiger partial charge on any atom is 0.341 e. The summed E-state index contributed by atoms with van der Waals surface area (Å²) in [4.78, 5) is 12.2. The van der Waals surface area contributed by atoms with Gasteiger partial charge in [-0.05, 0) is 57.1 Å². The van der Waals surface area contributed by atoms with Gasteiger partial charge in [-0.3, -0.25) is 4.68 Å². The molecule has 0 aliphatic heterocycles. The Hall–Kier alpha value is -2.86. The number of benzene rings is 2. The molecule has 1 saturated carbocycles. The van der Waals surface area contributed by atoms with Crippen LogP contribution in [0.3, 0.4) is 0 Å². The number of methoxy groups -OCH3 is 1. The lowest BCUT2D eigenvalue weighted by Gasteiger charge is -2.28. The molecule has 0 unspecified atom stereocenters. The molecule has 1 aliphatic carbocycles. The Morgan fingerprint density at radius 2 is 1.88 bits per heavy atom. The molecule has 2 aromatic carbocycles. The van der Waals surface area contributed by atoms with Crippen molar-refractivity contribution in [1.29, 1.82) is 0 Å². The molecule has 6 nitrogen and oxygen atoms in total. The summed E-state index contributed by atoms with van der Waals surface area (Å²) in [6, 6.07) is 14.4. The largest absolute Gasteiger partial charge is 0.490 e. The van der Waals surface area contributed by atoms with E-state index in [9.17, 15) is 4.79 Å². The van der Waals surface area contributed by atoms with Gasteiger partial charge in [0, 0.05) is 24.3 Å². The summed E-state index contributed by atoms with van der Waals surface area (Å²) in [5.41, 5.74) is 2.49. The number of fused-ring (bicyclic) bond motifs is 1. The molecule has 6 heteroatoms. The van der Waals surface area contributed by atoms with Crippen LogP contribution in [0.1, 0.15) is 61.5 Å². The van der Waals surface area contributed by atoms with Gasteiger partial charge in [0.25, 0.3) is 0 Å². The predicted molar refractivity (Wildman–Crippen MR) is 124 cm³/mol. The van der Waals surface area contributed by atoms with E-state index >= 15 is 0 Å². The van der Waals surface area contributed by atoms with E-state index in [0.29, 0.717) is 29.9 Å². The SMILES string of the molecule is COC(=O)c1cc2cn(C3CCC(COCc4ccccc4)CC3)nc2cc1OC(C)C. The number of carbonyl (C=O) groups excluding carboxylic acids is 1. The molecule has 1 heterocycles. The molecule has 1 aromatic heterocycles. The smallest absolute Gasteiger partial charge is 0.341 e. The van der Waals surface area contributed by atoms with Crippen molar-refractivity contribution < 1.29 is 19.0 Å². The monoisotopic (exact) mass is 436 g/mol.